The van der Waals surface area contributed by atoms with Crippen LogP contribution in [0.3, 0.4) is 0 Å². The summed E-state index contributed by atoms with van der Waals surface area (Å²) in [6.07, 6.45) is 5.42. The van der Waals surface area contributed by atoms with Crippen molar-refractivity contribution in [3.63, 3.8) is 0 Å². The maximum absolute atomic E-state index is 11.8. The van der Waals surface area contributed by atoms with Crippen molar-refractivity contribution in [3.05, 3.63) is 0 Å². The third-order valence-electron chi connectivity index (χ3n) is 4.02. The number of ether oxygens (including phenoxy) is 3. The molecule has 120 valence electrons. The van der Waals surface area contributed by atoms with Crippen LogP contribution in [0.25, 0.3) is 0 Å². The van der Waals surface area contributed by atoms with Gasteiger partial charge in [0.2, 0.25) is 0 Å². The summed E-state index contributed by atoms with van der Waals surface area (Å²) in [6.45, 7) is 5.64. The summed E-state index contributed by atoms with van der Waals surface area (Å²) in [6, 6.07) is 0. The van der Waals surface area contributed by atoms with E-state index in [4.69, 9.17) is 14.2 Å². The van der Waals surface area contributed by atoms with Gasteiger partial charge in [-0.1, -0.05) is 6.42 Å². The van der Waals surface area contributed by atoms with Crippen LogP contribution in [-0.4, -0.2) is 36.9 Å². The minimum absolute atomic E-state index is 0.186. The highest BCUT2D eigenvalue weighted by atomic mass is 16.7. The molecule has 0 bridgehead atoms. The molecule has 1 spiro atoms. The van der Waals surface area contributed by atoms with Crippen molar-refractivity contribution in [1.82, 2.24) is 0 Å². The van der Waals surface area contributed by atoms with Gasteiger partial charge in [-0.15, -0.1) is 0 Å². The summed E-state index contributed by atoms with van der Waals surface area (Å²) in [4.78, 5) is 23.0. The molecular formula is C16H26O5. The van der Waals surface area contributed by atoms with Gasteiger partial charge >= 0.3 is 5.97 Å². The SMILES string of the molecule is CC(C)(C)C(=O)OC[C@@H]1C[C@H](C=O)OC2(CCCCC2)O1. The van der Waals surface area contributed by atoms with E-state index in [1.54, 1.807) is 0 Å². The first-order valence-electron chi connectivity index (χ1n) is 7.83. The van der Waals surface area contributed by atoms with Gasteiger partial charge in [-0.05, 0) is 33.6 Å². The third kappa shape index (κ3) is 4.27. The van der Waals surface area contributed by atoms with Gasteiger partial charge in [0.15, 0.2) is 5.79 Å². The van der Waals surface area contributed by atoms with Crippen LogP contribution in [0.5, 0.6) is 0 Å². The molecule has 1 heterocycles. The Labute approximate surface area is 126 Å². The van der Waals surface area contributed by atoms with Crippen LogP contribution < -0.4 is 0 Å². The van der Waals surface area contributed by atoms with Gasteiger partial charge in [-0.3, -0.25) is 4.79 Å². The molecule has 2 rings (SSSR count). The molecular weight excluding hydrogens is 272 g/mol. The van der Waals surface area contributed by atoms with Crippen molar-refractivity contribution in [3.8, 4) is 0 Å². The van der Waals surface area contributed by atoms with Crippen molar-refractivity contribution in [2.24, 2.45) is 5.41 Å². The molecule has 0 amide bonds. The van der Waals surface area contributed by atoms with E-state index >= 15 is 0 Å². The average Bonchev–Trinajstić information content (AvgIpc) is 2.44. The van der Waals surface area contributed by atoms with Gasteiger partial charge in [-0.25, -0.2) is 0 Å². The van der Waals surface area contributed by atoms with Crippen LogP contribution in [0.15, 0.2) is 0 Å². The lowest BCUT2D eigenvalue weighted by Crippen LogP contribution is -2.51. The smallest absolute Gasteiger partial charge is 0.311 e. The highest BCUT2D eigenvalue weighted by Crippen LogP contribution is 2.38. The van der Waals surface area contributed by atoms with Crippen molar-refractivity contribution < 1.29 is 23.8 Å². The number of hydrogen-bond acceptors (Lipinski definition) is 5. The Morgan fingerprint density at radius 1 is 1.24 bits per heavy atom. The van der Waals surface area contributed by atoms with Crippen LogP contribution >= 0.6 is 0 Å². The highest BCUT2D eigenvalue weighted by molar-refractivity contribution is 5.75. The van der Waals surface area contributed by atoms with Gasteiger partial charge in [0.05, 0.1) is 11.5 Å². The average molecular weight is 298 g/mol. The zero-order chi connectivity index (χ0) is 15.5. The predicted octanol–water partition coefficient (Wildman–Crippen LogP) is 2.61. The summed E-state index contributed by atoms with van der Waals surface area (Å²) in [7, 11) is 0. The van der Waals surface area contributed by atoms with Crippen molar-refractivity contribution in [2.75, 3.05) is 6.61 Å². The molecule has 21 heavy (non-hydrogen) atoms. The number of hydrogen-bond donors (Lipinski definition) is 0. The molecule has 0 unspecified atom stereocenters. The summed E-state index contributed by atoms with van der Waals surface area (Å²) < 4.78 is 17.2. The van der Waals surface area contributed by atoms with Gasteiger partial charge in [0, 0.05) is 19.3 Å². The minimum Gasteiger partial charge on any atom is -0.463 e. The second kappa shape index (κ2) is 6.44. The van der Waals surface area contributed by atoms with Gasteiger partial charge in [0.1, 0.15) is 19.0 Å². The molecule has 1 aliphatic carbocycles. The Bertz CT molecular complexity index is 379. The second-order valence-electron chi connectivity index (χ2n) is 7.09. The first-order valence-corrected chi connectivity index (χ1v) is 7.83. The lowest BCUT2D eigenvalue weighted by atomic mass is 9.92. The van der Waals surface area contributed by atoms with Gasteiger partial charge < -0.3 is 19.0 Å². The van der Waals surface area contributed by atoms with E-state index < -0.39 is 17.3 Å². The Balaban J connectivity index is 1.95. The van der Waals surface area contributed by atoms with E-state index in [1.807, 2.05) is 20.8 Å². The van der Waals surface area contributed by atoms with Crippen LogP contribution in [0.1, 0.15) is 59.3 Å². The molecule has 2 fully saturated rings. The fourth-order valence-electron chi connectivity index (χ4n) is 2.86. The van der Waals surface area contributed by atoms with E-state index in [0.717, 1.165) is 32.0 Å². The second-order valence-corrected chi connectivity index (χ2v) is 7.09. The van der Waals surface area contributed by atoms with Crippen molar-refractivity contribution in [2.45, 2.75) is 77.3 Å². The zero-order valence-corrected chi connectivity index (χ0v) is 13.2. The van der Waals surface area contributed by atoms with E-state index in [2.05, 4.69) is 0 Å². The maximum Gasteiger partial charge on any atom is 0.311 e. The van der Waals surface area contributed by atoms with Crippen LogP contribution in [-0.2, 0) is 23.8 Å². The molecule has 2 atom stereocenters. The molecule has 2 aliphatic rings. The molecule has 0 aromatic heterocycles. The molecule has 0 N–H and O–H groups in total. The van der Waals surface area contributed by atoms with E-state index in [9.17, 15) is 9.59 Å². The first-order chi connectivity index (χ1) is 9.85. The van der Waals surface area contributed by atoms with Crippen molar-refractivity contribution >= 4 is 12.3 Å². The molecule has 5 heteroatoms. The lowest BCUT2D eigenvalue weighted by Gasteiger charge is -2.45. The summed E-state index contributed by atoms with van der Waals surface area (Å²) >= 11 is 0. The topological polar surface area (TPSA) is 61.8 Å². The standard InChI is InChI=1S/C16H26O5/c1-15(2,3)14(18)19-11-13-9-12(10-17)20-16(21-13)7-5-4-6-8-16/h10,12-13H,4-9,11H2,1-3H3/t12-,13+/m1/s1. The van der Waals surface area contributed by atoms with Crippen LogP contribution in [0, 0.1) is 5.41 Å². The predicted molar refractivity (Wildman–Crippen MR) is 76.7 cm³/mol. The largest absolute Gasteiger partial charge is 0.463 e. The monoisotopic (exact) mass is 298 g/mol. The molecule has 5 nitrogen and oxygen atoms in total. The normalized spacial score (nSPS) is 29.1. The minimum atomic E-state index is -0.652. The highest BCUT2D eigenvalue weighted by Gasteiger charge is 2.43. The maximum atomic E-state index is 11.8. The summed E-state index contributed by atoms with van der Waals surface area (Å²) in [5.41, 5.74) is -0.530. The Hall–Kier alpha value is -0.940. The molecule has 0 aromatic rings. The fraction of sp³-hybridized carbons (Fsp3) is 0.875. The van der Waals surface area contributed by atoms with E-state index in [-0.39, 0.29) is 18.7 Å². The molecule has 0 aromatic carbocycles. The number of esters is 1. The molecule has 0 radical (unpaired) electrons. The Kier molecular flexibility index (Phi) is 5.04. The number of carbonyl (C=O) groups excluding carboxylic acids is 2. The molecule has 1 aliphatic heterocycles. The number of carbonyl (C=O) groups is 2. The summed E-state index contributed by atoms with van der Waals surface area (Å²) in [5.74, 6) is -0.904. The Morgan fingerprint density at radius 2 is 1.90 bits per heavy atom. The summed E-state index contributed by atoms with van der Waals surface area (Å²) in [5, 5.41) is 0. The lowest BCUT2D eigenvalue weighted by molar-refractivity contribution is -0.324. The molecule has 1 saturated heterocycles. The van der Waals surface area contributed by atoms with E-state index in [0.29, 0.717) is 6.42 Å². The Morgan fingerprint density at radius 3 is 2.48 bits per heavy atom. The van der Waals surface area contributed by atoms with E-state index in [1.165, 1.54) is 6.42 Å². The zero-order valence-electron chi connectivity index (χ0n) is 13.2. The number of aldehydes is 1. The number of rotatable bonds is 3. The van der Waals surface area contributed by atoms with Crippen LogP contribution in [0.4, 0.5) is 0 Å². The fourth-order valence-corrected chi connectivity index (χ4v) is 2.86. The first kappa shape index (κ1) is 16.4. The van der Waals surface area contributed by atoms with Gasteiger partial charge in [-0.2, -0.15) is 0 Å². The van der Waals surface area contributed by atoms with Crippen molar-refractivity contribution in [1.29, 1.82) is 0 Å². The van der Waals surface area contributed by atoms with Crippen LogP contribution in [0.2, 0.25) is 0 Å². The van der Waals surface area contributed by atoms with Gasteiger partial charge in [0.25, 0.3) is 0 Å². The third-order valence-corrected chi connectivity index (χ3v) is 4.02. The quantitative estimate of drug-likeness (QED) is 0.592. The molecule has 1 saturated carbocycles.